The van der Waals surface area contributed by atoms with Gasteiger partial charge in [0.15, 0.2) is 11.5 Å². The Morgan fingerprint density at radius 1 is 1.36 bits per heavy atom. The lowest BCUT2D eigenvalue weighted by atomic mass is 10.1. The van der Waals surface area contributed by atoms with Crippen molar-refractivity contribution in [2.45, 2.75) is 51.6 Å². The molecule has 1 atom stereocenters. The molecule has 0 spiro atoms. The Morgan fingerprint density at radius 2 is 2.21 bits per heavy atom. The van der Waals surface area contributed by atoms with Crippen molar-refractivity contribution in [3.8, 4) is 17.6 Å². The molecular formula is C22H30N2O4. The second kappa shape index (κ2) is 12.0. The number of amides is 1. The molecule has 1 saturated heterocycles. The van der Waals surface area contributed by atoms with Crippen LogP contribution in [0.15, 0.2) is 23.8 Å². The normalized spacial score (nSPS) is 16.5. The SMILES string of the molecule is CCCCCCOc1ccc(/C=C(\C#N)C(=O)NCC2CCCO2)cc1OC. The van der Waals surface area contributed by atoms with E-state index >= 15 is 0 Å². The number of unbranched alkanes of at least 4 members (excludes halogenated alkanes) is 3. The first-order valence-corrected chi connectivity index (χ1v) is 10.00. The number of carbonyl (C=O) groups excluding carboxylic acids is 1. The van der Waals surface area contributed by atoms with Crippen LogP contribution in [0.4, 0.5) is 0 Å². The van der Waals surface area contributed by atoms with E-state index in [9.17, 15) is 10.1 Å². The molecule has 1 aliphatic rings. The first kappa shape index (κ1) is 21.8. The highest BCUT2D eigenvalue weighted by Gasteiger charge is 2.17. The summed E-state index contributed by atoms with van der Waals surface area (Å²) in [4.78, 5) is 12.3. The van der Waals surface area contributed by atoms with E-state index in [1.54, 1.807) is 19.3 Å². The molecule has 1 aromatic rings. The number of carbonyl (C=O) groups is 1. The van der Waals surface area contributed by atoms with Gasteiger partial charge in [0.1, 0.15) is 11.6 Å². The fourth-order valence-electron chi connectivity index (χ4n) is 3.03. The molecule has 0 radical (unpaired) electrons. The van der Waals surface area contributed by atoms with Crippen molar-refractivity contribution in [3.05, 3.63) is 29.3 Å². The topological polar surface area (TPSA) is 80.6 Å². The van der Waals surface area contributed by atoms with Crippen LogP contribution in [0.2, 0.25) is 0 Å². The lowest BCUT2D eigenvalue weighted by Crippen LogP contribution is -2.32. The lowest BCUT2D eigenvalue weighted by molar-refractivity contribution is -0.117. The van der Waals surface area contributed by atoms with Crippen LogP contribution in [0.25, 0.3) is 6.08 Å². The Balaban J connectivity index is 1.97. The average Bonchev–Trinajstić information content (AvgIpc) is 3.24. The Kier molecular flexibility index (Phi) is 9.36. The largest absolute Gasteiger partial charge is 0.493 e. The number of methoxy groups -OCH3 is 1. The van der Waals surface area contributed by atoms with Crippen LogP contribution in [0.3, 0.4) is 0 Å². The van der Waals surface area contributed by atoms with Crippen LogP contribution < -0.4 is 14.8 Å². The van der Waals surface area contributed by atoms with Gasteiger partial charge in [-0.25, -0.2) is 0 Å². The summed E-state index contributed by atoms with van der Waals surface area (Å²) < 4.78 is 16.7. The van der Waals surface area contributed by atoms with Gasteiger partial charge in [0.25, 0.3) is 5.91 Å². The molecule has 1 unspecified atom stereocenters. The summed E-state index contributed by atoms with van der Waals surface area (Å²) in [7, 11) is 1.58. The van der Waals surface area contributed by atoms with Crippen molar-refractivity contribution in [2.75, 3.05) is 26.9 Å². The van der Waals surface area contributed by atoms with E-state index in [0.717, 1.165) is 32.3 Å². The van der Waals surface area contributed by atoms with Crippen LogP contribution in [0, 0.1) is 11.3 Å². The van der Waals surface area contributed by atoms with Gasteiger partial charge in [-0.3, -0.25) is 4.79 Å². The minimum Gasteiger partial charge on any atom is -0.493 e. The number of hydrogen-bond donors (Lipinski definition) is 1. The van der Waals surface area contributed by atoms with Gasteiger partial charge >= 0.3 is 0 Å². The molecule has 6 nitrogen and oxygen atoms in total. The molecule has 1 N–H and O–H groups in total. The quantitative estimate of drug-likeness (QED) is 0.355. The van der Waals surface area contributed by atoms with Crippen molar-refractivity contribution in [1.82, 2.24) is 5.32 Å². The third-order valence-electron chi connectivity index (χ3n) is 4.63. The van der Waals surface area contributed by atoms with Crippen molar-refractivity contribution in [2.24, 2.45) is 0 Å². The molecule has 1 aromatic carbocycles. The number of hydrogen-bond acceptors (Lipinski definition) is 5. The van der Waals surface area contributed by atoms with E-state index in [1.807, 2.05) is 18.2 Å². The summed E-state index contributed by atoms with van der Waals surface area (Å²) in [5.74, 6) is 0.854. The minimum atomic E-state index is -0.395. The monoisotopic (exact) mass is 386 g/mol. The molecule has 1 amide bonds. The van der Waals surface area contributed by atoms with E-state index < -0.39 is 5.91 Å². The lowest BCUT2D eigenvalue weighted by Gasteiger charge is -2.12. The third kappa shape index (κ3) is 6.90. The van der Waals surface area contributed by atoms with Gasteiger partial charge in [-0.2, -0.15) is 5.26 Å². The molecule has 1 fully saturated rings. The number of ether oxygens (including phenoxy) is 3. The Hall–Kier alpha value is -2.52. The molecule has 28 heavy (non-hydrogen) atoms. The predicted octanol–water partition coefficient (Wildman–Crippen LogP) is 3.86. The average molecular weight is 386 g/mol. The Labute approximate surface area is 167 Å². The van der Waals surface area contributed by atoms with Gasteiger partial charge in [0.05, 0.1) is 19.8 Å². The molecule has 152 valence electrons. The second-order valence-corrected chi connectivity index (χ2v) is 6.83. The Bertz CT molecular complexity index is 703. The van der Waals surface area contributed by atoms with Crippen LogP contribution in [-0.4, -0.2) is 38.9 Å². The molecule has 1 heterocycles. The minimum absolute atomic E-state index is 0.0396. The summed E-state index contributed by atoms with van der Waals surface area (Å²) in [5.41, 5.74) is 0.757. The second-order valence-electron chi connectivity index (χ2n) is 6.83. The smallest absolute Gasteiger partial charge is 0.262 e. The summed E-state index contributed by atoms with van der Waals surface area (Å²) >= 11 is 0. The molecular weight excluding hydrogens is 356 g/mol. The van der Waals surface area contributed by atoms with Crippen LogP contribution >= 0.6 is 0 Å². The predicted molar refractivity (Wildman–Crippen MR) is 108 cm³/mol. The maximum Gasteiger partial charge on any atom is 0.262 e. The number of nitrogens with one attached hydrogen (secondary N) is 1. The maximum atomic E-state index is 12.3. The molecule has 0 bridgehead atoms. The molecule has 0 aromatic heterocycles. The van der Waals surface area contributed by atoms with Crippen molar-refractivity contribution in [1.29, 1.82) is 5.26 Å². The zero-order chi connectivity index (χ0) is 20.2. The van der Waals surface area contributed by atoms with Crippen LogP contribution in [0.5, 0.6) is 11.5 Å². The van der Waals surface area contributed by atoms with E-state index in [0.29, 0.717) is 30.2 Å². The highest BCUT2D eigenvalue weighted by atomic mass is 16.5. The van der Waals surface area contributed by atoms with Gasteiger partial charge in [0, 0.05) is 13.2 Å². The maximum absolute atomic E-state index is 12.3. The summed E-state index contributed by atoms with van der Waals surface area (Å²) in [5, 5.41) is 12.1. The fourth-order valence-corrected chi connectivity index (χ4v) is 3.03. The third-order valence-corrected chi connectivity index (χ3v) is 4.63. The molecule has 0 aliphatic carbocycles. The van der Waals surface area contributed by atoms with Crippen molar-refractivity contribution in [3.63, 3.8) is 0 Å². The molecule has 1 aliphatic heterocycles. The van der Waals surface area contributed by atoms with E-state index in [1.165, 1.54) is 12.8 Å². The standard InChI is InChI=1S/C22H30N2O4/c1-3-4-5-6-11-28-20-10-9-17(14-21(20)26-2)13-18(15-23)22(25)24-16-19-8-7-12-27-19/h9-10,13-14,19H,3-8,11-12,16H2,1-2H3,(H,24,25)/b18-13+. The molecule has 0 saturated carbocycles. The summed E-state index contributed by atoms with van der Waals surface area (Å²) in [6.45, 7) is 3.97. The highest BCUT2D eigenvalue weighted by molar-refractivity contribution is 6.01. The number of benzene rings is 1. The van der Waals surface area contributed by atoms with Crippen LogP contribution in [-0.2, 0) is 9.53 Å². The molecule has 2 rings (SSSR count). The van der Waals surface area contributed by atoms with Crippen molar-refractivity contribution < 1.29 is 19.0 Å². The van der Waals surface area contributed by atoms with E-state index in [2.05, 4.69) is 12.2 Å². The van der Waals surface area contributed by atoms with Gasteiger partial charge in [-0.15, -0.1) is 0 Å². The fraction of sp³-hybridized carbons (Fsp3) is 0.545. The van der Waals surface area contributed by atoms with E-state index in [4.69, 9.17) is 14.2 Å². The first-order chi connectivity index (χ1) is 13.7. The zero-order valence-corrected chi connectivity index (χ0v) is 16.8. The van der Waals surface area contributed by atoms with Gasteiger partial charge in [-0.05, 0) is 43.0 Å². The number of nitrogens with zero attached hydrogens (tertiary/aromatic N) is 1. The zero-order valence-electron chi connectivity index (χ0n) is 16.8. The Morgan fingerprint density at radius 3 is 2.89 bits per heavy atom. The van der Waals surface area contributed by atoms with Gasteiger partial charge in [-0.1, -0.05) is 32.3 Å². The van der Waals surface area contributed by atoms with Gasteiger partial charge < -0.3 is 19.5 Å². The number of rotatable bonds is 11. The number of nitriles is 1. The molecule has 6 heteroatoms. The highest BCUT2D eigenvalue weighted by Crippen LogP contribution is 2.29. The van der Waals surface area contributed by atoms with E-state index in [-0.39, 0.29) is 11.7 Å². The summed E-state index contributed by atoms with van der Waals surface area (Å²) in [6, 6.07) is 7.36. The van der Waals surface area contributed by atoms with Crippen LogP contribution in [0.1, 0.15) is 51.0 Å². The van der Waals surface area contributed by atoms with Gasteiger partial charge in [0.2, 0.25) is 0 Å². The van der Waals surface area contributed by atoms with Crippen molar-refractivity contribution >= 4 is 12.0 Å². The first-order valence-electron chi connectivity index (χ1n) is 10.00. The summed E-state index contributed by atoms with van der Waals surface area (Å²) in [6.07, 6.45) is 8.07.